The van der Waals surface area contributed by atoms with Gasteiger partial charge in [0.1, 0.15) is 0 Å². The largest absolute Gasteiger partial charge is 0.481 e. The highest BCUT2D eigenvalue weighted by Gasteiger charge is 2.14. The van der Waals surface area contributed by atoms with E-state index >= 15 is 0 Å². The minimum Gasteiger partial charge on any atom is -0.481 e. The maximum atomic E-state index is 10.9. The lowest BCUT2D eigenvalue weighted by atomic mass is 10.2. The number of aliphatic carboxylic acids is 1. The summed E-state index contributed by atoms with van der Waals surface area (Å²) in [5.74, 6) is -1.10. The summed E-state index contributed by atoms with van der Waals surface area (Å²) in [7, 11) is 1.96. The van der Waals surface area contributed by atoms with E-state index in [9.17, 15) is 4.79 Å². The Kier molecular flexibility index (Phi) is 5.56. The molecule has 1 aromatic carbocycles. The van der Waals surface area contributed by atoms with E-state index in [1.807, 2.05) is 25.2 Å². The predicted octanol–water partition coefficient (Wildman–Crippen LogP) is 4.33. The molecule has 0 amide bonds. The molecular formula is C16H18BrNO2S. The van der Waals surface area contributed by atoms with Crippen molar-refractivity contribution in [2.24, 2.45) is 5.92 Å². The monoisotopic (exact) mass is 367 g/mol. The second kappa shape index (κ2) is 7.20. The molecule has 1 N–H and O–H groups in total. The average Bonchev–Trinajstić information content (AvgIpc) is 2.87. The molecule has 0 aliphatic heterocycles. The first-order valence-electron chi connectivity index (χ1n) is 6.72. The number of rotatable bonds is 6. The molecule has 5 heteroatoms. The van der Waals surface area contributed by atoms with E-state index < -0.39 is 5.97 Å². The van der Waals surface area contributed by atoms with E-state index in [1.165, 1.54) is 15.3 Å². The van der Waals surface area contributed by atoms with Gasteiger partial charge in [-0.05, 0) is 25.2 Å². The van der Waals surface area contributed by atoms with E-state index in [0.717, 1.165) is 11.0 Å². The summed E-state index contributed by atoms with van der Waals surface area (Å²) in [5.41, 5.74) is 1.19. The molecule has 0 bridgehead atoms. The molecule has 1 heterocycles. The van der Waals surface area contributed by atoms with Crippen molar-refractivity contribution in [2.75, 3.05) is 13.6 Å². The number of carboxylic acids is 1. The van der Waals surface area contributed by atoms with Crippen LogP contribution in [0.3, 0.4) is 0 Å². The molecular weight excluding hydrogens is 350 g/mol. The Hall–Kier alpha value is -1.17. The van der Waals surface area contributed by atoms with E-state index in [2.05, 4.69) is 39.0 Å². The molecule has 0 fully saturated rings. The molecule has 0 radical (unpaired) electrons. The first kappa shape index (κ1) is 16.2. The molecule has 0 spiro atoms. The Morgan fingerprint density at radius 1 is 1.33 bits per heavy atom. The number of nitrogens with zero attached hydrogens (tertiary/aromatic N) is 1. The maximum absolute atomic E-state index is 10.9. The molecule has 0 aliphatic rings. The summed E-state index contributed by atoms with van der Waals surface area (Å²) < 4.78 is 1.09. The van der Waals surface area contributed by atoms with Gasteiger partial charge in [0.2, 0.25) is 0 Å². The van der Waals surface area contributed by atoms with Crippen LogP contribution < -0.4 is 0 Å². The summed E-state index contributed by atoms with van der Waals surface area (Å²) in [4.78, 5) is 15.4. The van der Waals surface area contributed by atoms with E-state index in [0.29, 0.717) is 6.54 Å². The minimum absolute atomic E-state index is 0.349. The maximum Gasteiger partial charge on any atom is 0.307 e. The first-order chi connectivity index (χ1) is 9.97. The molecule has 21 heavy (non-hydrogen) atoms. The second-order valence-corrected chi connectivity index (χ2v) is 7.20. The number of hydrogen-bond donors (Lipinski definition) is 1. The van der Waals surface area contributed by atoms with Gasteiger partial charge in [0, 0.05) is 32.9 Å². The molecule has 1 atom stereocenters. The van der Waals surface area contributed by atoms with Crippen molar-refractivity contribution in [3.8, 4) is 10.4 Å². The summed E-state index contributed by atoms with van der Waals surface area (Å²) in [6.45, 7) is 3.06. The Balaban J connectivity index is 2.04. The zero-order valence-electron chi connectivity index (χ0n) is 12.0. The minimum atomic E-state index is -0.748. The fraction of sp³-hybridized carbons (Fsp3) is 0.312. The van der Waals surface area contributed by atoms with Gasteiger partial charge in [-0.2, -0.15) is 0 Å². The normalized spacial score (nSPS) is 12.6. The number of carbonyl (C=O) groups is 1. The molecule has 1 aromatic heterocycles. The van der Waals surface area contributed by atoms with Gasteiger partial charge < -0.3 is 10.0 Å². The van der Waals surface area contributed by atoms with Crippen molar-refractivity contribution in [2.45, 2.75) is 13.5 Å². The van der Waals surface area contributed by atoms with E-state index in [1.54, 1.807) is 18.3 Å². The SMILES string of the molecule is CC(CN(C)Cc1ccc(-c2ccccc2Br)s1)C(=O)O. The molecule has 2 aromatic rings. The van der Waals surface area contributed by atoms with Crippen LogP contribution in [0.25, 0.3) is 10.4 Å². The van der Waals surface area contributed by atoms with Gasteiger partial charge in [-0.3, -0.25) is 4.79 Å². The van der Waals surface area contributed by atoms with Gasteiger partial charge in [0.05, 0.1) is 5.92 Å². The third-order valence-corrected chi connectivity index (χ3v) is 5.03. The smallest absolute Gasteiger partial charge is 0.307 e. The van der Waals surface area contributed by atoms with E-state index in [4.69, 9.17) is 5.11 Å². The average molecular weight is 368 g/mol. The summed E-state index contributed by atoms with van der Waals surface area (Å²) in [5, 5.41) is 8.95. The summed E-state index contributed by atoms with van der Waals surface area (Å²) in [6, 6.07) is 12.4. The zero-order chi connectivity index (χ0) is 15.4. The molecule has 112 valence electrons. The number of halogens is 1. The third-order valence-electron chi connectivity index (χ3n) is 3.23. The van der Waals surface area contributed by atoms with Gasteiger partial charge in [0.25, 0.3) is 0 Å². The highest BCUT2D eigenvalue weighted by atomic mass is 79.9. The molecule has 2 rings (SSSR count). The van der Waals surface area contributed by atoms with Crippen molar-refractivity contribution in [1.29, 1.82) is 0 Å². The van der Waals surface area contributed by atoms with Crippen molar-refractivity contribution in [3.63, 3.8) is 0 Å². The number of carboxylic acid groups (broad SMARTS) is 1. The van der Waals surface area contributed by atoms with Gasteiger partial charge in [-0.1, -0.05) is 41.1 Å². The highest BCUT2D eigenvalue weighted by molar-refractivity contribution is 9.10. The van der Waals surface area contributed by atoms with Crippen molar-refractivity contribution in [1.82, 2.24) is 4.90 Å². The fourth-order valence-electron chi connectivity index (χ4n) is 2.14. The van der Waals surface area contributed by atoms with Crippen molar-refractivity contribution >= 4 is 33.2 Å². The van der Waals surface area contributed by atoms with Crippen LogP contribution in [-0.2, 0) is 11.3 Å². The van der Waals surface area contributed by atoms with E-state index in [-0.39, 0.29) is 5.92 Å². The molecule has 1 unspecified atom stereocenters. The van der Waals surface area contributed by atoms with Gasteiger partial charge in [-0.15, -0.1) is 11.3 Å². The van der Waals surface area contributed by atoms with Gasteiger partial charge in [0.15, 0.2) is 0 Å². The summed E-state index contributed by atoms with van der Waals surface area (Å²) in [6.07, 6.45) is 0. The highest BCUT2D eigenvalue weighted by Crippen LogP contribution is 2.33. The first-order valence-corrected chi connectivity index (χ1v) is 8.33. The Bertz CT molecular complexity index is 626. The van der Waals surface area contributed by atoms with Crippen LogP contribution in [0.4, 0.5) is 0 Å². The summed E-state index contributed by atoms with van der Waals surface area (Å²) >= 11 is 5.32. The second-order valence-electron chi connectivity index (χ2n) is 5.18. The number of benzene rings is 1. The molecule has 3 nitrogen and oxygen atoms in total. The predicted molar refractivity (Wildman–Crippen MR) is 90.6 cm³/mol. The van der Waals surface area contributed by atoms with Crippen molar-refractivity contribution in [3.05, 3.63) is 45.7 Å². The van der Waals surface area contributed by atoms with Gasteiger partial charge >= 0.3 is 5.97 Å². The third kappa shape index (κ3) is 4.40. The fourth-order valence-corrected chi connectivity index (χ4v) is 3.90. The lowest BCUT2D eigenvalue weighted by molar-refractivity contribution is -0.141. The molecule has 0 saturated carbocycles. The Morgan fingerprint density at radius 2 is 2.05 bits per heavy atom. The van der Waals surface area contributed by atoms with Crippen LogP contribution in [0.2, 0.25) is 0 Å². The Morgan fingerprint density at radius 3 is 2.71 bits per heavy atom. The van der Waals surface area contributed by atoms with Crippen LogP contribution in [-0.4, -0.2) is 29.6 Å². The van der Waals surface area contributed by atoms with Crippen LogP contribution in [0.1, 0.15) is 11.8 Å². The van der Waals surface area contributed by atoms with Crippen LogP contribution in [0.15, 0.2) is 40.9 Å². The number of hydrogen-bond acceptors (Lipinski definition) is 3. The lowest BCUT2D eigenvalue weighted by Gasteiger charge is -2.17. The number of thiophene rings is 1. The molecule has 0 saturated heterocycles. The molecule has 0 aliphatic carbocycles. The van der Waals surface area contributed by atoms with Crippen LogP contribution in [0, 0.1) is 5.92 Å². The van der Waals surface area contributed by atoms with Gasteiger partial charge in [-0.25, -0.2) is 0 Å². The van der Waals surface area contributed by atoms with Crippen LogP contribution in [0.5, 0.6) is 0 Å². The topological polar surface area (TPSA) is 40.5 Å². The lowest BCUT2D eigenvalue weighted by Crippen LogP contribution is -2.27. The van der Waals surface area contributed by atoms with Crippen LogP contribution >= 0.6 is 27.3 Å². The van der Waals surface area contributed by atoms with Crippen molar-refractivity contribution < 1.29 is 9.90 Å². The zero-order valence-corrected chi connectivity index (χ0v) is 14.4. The quantitative estimate of drug-likeness (QED) is 0.825. The standard InChI is InChI=1S/C16H18BrNO2S/c1-11(16(19)20)9-18(2)10-12-7-8-15(21-12)13-5-3-4-6-14(13)17/h3-8,11H,9-10H2,1-2H3,(H,19,20). The Labute approximate surface area is 137 Å².